The van der Waals surface area contributed by atoms with Crippen LogP contribution in [-0.2, 0) is 0 Å². The lowest BCUT2D eigenvalue weighted by molar-refractivity contribution is 0.0646. The van der Waals surface area contributed by atoms with E-state index in [0.717, 1.165) is 24.2 Å². The predicted octanol–water partition coefficient (Wildman–Crippen LogP) is 3.27. The molecular weight excluding hydrogens is 288 g/mol. The molecule has 0 radical (unpaired) electrons. The molecule has 2 aromatic rings. The molecule has 0 heterocycles. The third-order valence-electron chi connectivity index (χ3n) is 4.18. The summed E-state index contributed by atoms with van der Waals surface area (Å²) in [5, 5.41) is 13.3. The number of anilines is 2. The SMILES string of the molecule is CN(CC(O)C1CC1)C(=O)c1ccccc1Nc1ccccc1. The number of nitrogens with zero attached hydrogens (tertiary/aromatic N) is 1. The molecule has 1 aliphatic rings. The predicted molar refractivity (Wildman–Crippen MR) is 91.9 cm³/mol. The number of aliphatic hydroxyl groups excluding tert-OH is 1. The van der Waals surface area contributed by atoms with Gasteiger partial charge in [-0.05, 0) is 43.0 Å². The van der Waals surface area contributed by atoms with E-state index in [4.69, 9.17) is 0 Å². The van der Waals surface area contributed by atoms with E-state index in [-0.39, 0.29) is 5.91 Å². The number of benzene rings is 2. The normalized spacial score (nSPS) is 15.0. The standard InChI is InChI=1S/C19H22N2O2/c1-21(13-18(22)14-11-12-14)19(23)16-9-5-6-10-17(16)20-15-7-3-2-4-8-15/h2-10,14,18,20,22H,11-13H2,1H3. The van der Waals surface area contributed by atoms with Gasteiger partial charge < -0.3 is 15.3 Å². The molecule has 1 amide bonds. The maximum Gasteiger partial charge on any atom is 0.255 e. The Hall–Kier alpha value is -2.33. The van der Waals surface area contributed by atoms with E-state index in [1.807, 2.05) is 54.6 Å². The first-order valence-corrected chi connectivity index (χ1v) is 8.00. The maximum atomic E-state index is 12.7. The molecule has 1 aliphatic carbocycles. The maximum absolute atomic E-state index is 12.7. The van der Waals surface area contributed by atoms with E-state index in [1.54, 1.807) is 11.9 Å². The van der Waals surface area contributed by atoms with Crippen molar-refractivity contribution < 1.29 is 9.90 Å². The van der Waals surface area contributed by atoms with E-state index in [9.17, 15) is 9.90 Å². The van der Waals surface area contributed by atoms with Gasteiger partial charge >= 0.3 is 0 Å². The number of para-hydroxylation sites is 2. The zero-order valence-corrected chi connectivity index (χ0v) is 13.3. The number of hydrogen-bond donors (Lipinski definition) is 2. The van der Waals surface area contributed by atoms with Gasteiger partial charge in [0.2, 0.25) is 0 Å². The van der Waals surface area contributed by atoms with Gasteiger partial charge in [-0.15, -0.1) is 0 Å². The Morgan fingerprint density at radius 3 is 2.52 bits per heavy atom. The Bertz CT molecular complexity index is 668. The van der Waals surface area contributed by atoms with Crippen LogP contribution in [0.3, 0.4) is 0 Å². The molecule has 1 atom stereocenters. The van der Waals surface area contributed by atoms with Gasteiger partial charge in [-0.3, -0.25) is 4.79 Å². The van der Waals surface area contributed by atoms with Gasteiger partial charge in [0.1, 0.15) is 0 Å². The van der Waals surface area contributed by atoms with E-state index < -0.39 is 6.10 Å². The van der Waals surface area contributed by atoms with Crippen LogP contribution in [0.4, 0.5) is 11.4 Å². The molecule has 0 saturated heterocycles. The molecule has 2 aromatic carbocycles. The summed E-state index contributed by atoms with van der Waals surface area (Å²) >= 11 is 0. The van der Waals surface area contributed by atoms with Crippen LogP contribution in [0.2, 0.25) is 0 Å². The molecule has 3 rings (SSSR count). The molecule has 23 heavy (non-hydrogen) atoms. The highest BCUT2D eigenvalue weighted by Crippen LogP contribution is 2.33. The highest BCUT2D eigenvalue weighted by molar-refractivity contribution is 6.00. The second-order valence-electron chi connectivity index (χ2n) is 6.13. The third-order valence-corrected chi connectivity index (χ3v) is 4.18. The average Bonchev–Trinajstić information content (AvgIpc) is 3.40. The number of likely N-dealkylation sites (N-methyl/N-ethyl adjacent to an activating group) is 1. The minimum absolute atomic E-state index is 0.0799. The summed E-state index contributed by atoms with van der Waals surface area (Å²) in [7, 11) is 1.74. The van der Waals surface area contributed by atoms with Crippen LogP contribution < -0.4 is 5.32 Å². The summed E-state index contributed by atoms with van der Waals surface area (Å²) in [6, 6.07) is 17.2. The number of carbonyl (C=O) groups is 1. The second kappa shape index (κ2) is 6.84. The molecule has 0 aliphatic heterocycles. The van der Waals surface area contributed by atoms with Crippen molar-refractivity contribution in [2.45, 2.75) is 18.9 Å². The Morgan fingerprint density at radius 2 is 1.83 bits per heavy atom. The lowest BCUT2D eigenvalue weighted by Gasteiger charge is -2.22. The van der Waals surface area contributed by atoms with Crippen molar-refractivity contribution in [3.63, 3.8) is 0 Å². The van der Waals surface area contributed by atoms with Gasteiger partial charge in [0, 0.05) is 19.3 Å². The summed E-state index contributed by atoms with van der Waals surface area (Å²) in [5.74, 6) is 0.284. The van der Waals surface area contributed by atoms with Gasteiger partial charge in [-0.25, -0.2) is 0 Å². The molecule has 0 bridgehead atoms. The smallest absolute Gasteiger partial charge is 0.255 e. The fourth-order valence-electron chi connectivity index (χ4n) is 2.65. The van der Waals surface area contributed by atoms with Crippen molar-refractivity contribution in [1.29, 1.82) is 0 Å². The molecule has 0 aromatic heterocycles. The summed E-state index contributed by atoms with van der Waals surface area (Å²) in [6.07, 6.45) is 1.71. The fraction of sp³-hybridized carbons (Fsp3) is 0.316. The Balaban J connectivity index is 1.74. The van der Waals surface area contributed by atoms with Crippen molar-refractivity contribution in [2.24, 2.45) is 5.92 Å². The molecule has 1 fully saturated rings. The number of carbonyl (C=O) groups excluding carboxylic acids is 1. The first-order valence-electron chi connectivity index (χ1n) is 8.00. The van der Waals surface area contributed by atoms with Crippen molar-refractivity contribution in [2.75, 3.05) is 18.9 Å². The first kappa shape index (κ1) is 15.6. The number of hydrogen-bond acceptors (Lipinski definition) is 3. The Morgan fingerprint density at radius 1 is 1.17 bits per heavy atom. The summed E-state index contributed by atoms with van der Waals surface area (Å²) in [4.78, 5) is 14.3. The van der Waals surface area contributed by atoms with Crippen molar-refractivity contribution in [1.82, 2.24) is 4.90 Å². The minimum atomic E-state index is -0.418. The second-order valence-corrected chi connectivity index (χ2v) is 6.13. The molecule has 4 heteroatoms. The number of amides is 1. The van der Waals surface area contributed by atoms with Crippen LogP contribution >= 0.6 is 0 Å². The van der Waals surface area contributed by atoms with Gasteiger partial charge in [-0.1, -0.05) is 30.3 Å². The fourth-order valence-corrected chi connectivity index (χ4v) is 2.65. The molecular formula is C19H22N2O2. The number of aliphatic hydroxyl groups is 1. The van der Waals surface area contributed by atoms with Crippen LogP contribution in [0.5, 0.6) is 0 Å². The topological polar surface area (TPSA) is 52.6 Å². The van der Waals surface area contributed by atoms with Crippen LogP contribution in [0.1, 0.15) is 23.2 Å². The molecule has 1 saturated carbocycles. The van der Waals surface area contributed by atoms with Crippen LogP contribution in [0.25, 0.3) is 0 Å². The largest absolute Gasteiger partial charge is 0.391 e. The monoisotopic (exact) mass is 310 g/mol. The molecule has 2 N–H and O–H groups in total. The zero-order chi connectivity index (χ0) is 16.2. The van der Waals surface area contributed by atoms with Gasteiger partial charge in [0.05, 0.1) is 17.4 Å². The van der Waals surface area contributed by atoms with Gasteiger partial charge in [0.15, 0.2) is 0 Å². The minimum Gasteiger partial charge on any atom is -0.391 e. The van der Waals surface area contributed by atoms with Crippen LogP contribution in [0, 0.1) is 5.92 Å². The zero-order valence-electron chi connectivity index (χ0n) is 13.3. The lowest BCUT2D eigenvalue weighted by atomic mass is 10.1. The molecule has 1 unspecified atom stereocenters. The van der Waals surface area contributed by atoms with Crippen molar-refractivity contribution in [3.05, 3.63) is 60.2 Å². The summed E-state index contributed by atoms with van der Waals surface area (Å²) in [6.45, 7) is 0.378. The van der Waals surface area contributed by atoms with Crippen molar-refractivity contribution in [3.8, 4) is 0 Å². The Labute approximate surface area is 136 Å². The highest BCUT2D eigenvalue weighted by Gasteiger charge is 2.31. The molecule has 4 nitrogen and oxygen atoms in total. The number of rotatable bonds is 6. The van der Waals surface area contributed by atoms with E-state index in [2.05, 4.69) is 5.32 Å². The van der Waals surface area contributed by atoms with Gasteiger partial charge in [-0.2, -0.15) is 0 Å². The quantitative estimate of drug-likeness (QED) is 0.861. The number of nitrogens with one attached hydrogen (secondary N) is 1. The van der Waals surface area contributed by atoms with E-state index >= 15 is 0 Å². The van der Waals surface area contributed by atoms with Crippen LogP contribution in [-0.4, -0.2) is 35.6 Å². The lowest BCUT2D eigenvalue weighted by Crippen LogP contribution is -2.35. The van der Waals surface area contributed by atoms with E-state index in [0.29, 0.717) is 18.0 Å². The van der Waals surface area contributed by atoms with Crippen LogP contribution in [0.15, 0.2) is 54.6 Å². The van der Waals surface area contributed by atoms with E-state index in [1.165, 1.54) is 0 Å². The summed E-state index contributed by atoms with van der Waals surface area (Å²) < 4.78 is 0. The van der Waals surface area contributed by atoms with Crippen molar-refractivity contribution >= 4 is 17.3 Å². The third kappa shape index (κ3) is 3.90. The first-order chi connectivity index (χ1) is 11.1. The summed E-state index contributed by atoms with van der Waals surface area (Å²) in [5.41, 5.74) is 2.33. The Kier molecular flexibility index (Phi) is 4.63. The average molecular weight is 310 g/mol. The molecule has 120 valence electrons. The molecule has 0 spiro atoms. The highest BCUT2D eigenvalue weighted by atomic mass is 16.3. The van der Waals surface area contributed by atoms with Gasteiger partial charge in [0.25, 0.3) is 5.91 Å².